The zero-order chi connectivity index (χ0) is 20.1. The molecule has 1 aliphatic heterocycles. The van der Waals surface area contributed by atoms with Gasteiger partial charge in [0, 0.05) is 31.0 Å². The fourth-order valence-electron chi connectivity index (χ4n) is 3.39. The molecule has 7 heteroatoms. The van der Waals surface area contributed by atoms with Crippen LogP contribution in [-0.4, -0.2) is 33.9 Å². The van der Waals surface area contributed by atoms with Crippen LogP contribution in [0.25, 0.3) is 11.4 Å². The van der Waals surface area contributed by atoms with Gasteiger partial charge in [-0.05, 0) is 55.7 Å². The maximum atomic E-state index is 13.3. The predicted octanol–water partition coefficient (Wildman–Crippen LogP) is 3.60. The van der Waals surface area contributed by atoms with Gasteiger partial charge in [0.15, 0.2) is 5.82 Å². The standard InChI is InChI=1S/C22H22FN5O/c23-17-9-7-16(8-10-17)20-25-15-19(21(27-20)28-12-4-1-5-13-28)22(29)26-14-18-6-2-3-11-24-18/h2-3,6-11,15H,1,4-5,12-14H2,(H,26,29). The van der Waals surface area contributed by atoms with Gasteiger partial charge in [-0.2, -0.15) is 0 Å². The Kier molecular flexibility index (Phi) is 5.74. The number of aromatic nitrogens is 3. The van der Waals surface area contributed by atoms with Crippen molar-refractivity contribution < 1.29 is 9.18 Å². The predicted molar refractivity (Wildman–Crippen MR) is 109 cm³/mol. The Hall–Kier alpha value is -3.35. The Balaban J connectivity index is 1.62. The molecule has 2 aromatic heterocycles. The van der Waals surface area contributed by atoms with Crippen LogP contribution in [0.2, 0.25) is 0 Å². The second-order valence-corrected chi connectivity index (χ2v) is 6.99. The lowest BCUT2D eigenvalue weighted by Gasteiger charge is -2.29. The maximum absolute atomic E-state index is 13.3. The Morgan fingerprint density at radius 3 is 2.55 bits per heavy atom. The topological polar surface area (TPSA) is 71.0 Å². The summed E-state index contributed by atoms with van der Waals surface area (Å²) in [5.74, 6) is 0.557. The van der Waals surface area contributed by atoms with Crippen molar-refractivity contribution in [2.75, 3.05) is 18.0 Å². The number of rotatable bonds is 5. The number of nitrogens with zero attached hydrogens (tertiary/aromatic N) is 4. The van der Waals surface area contributed by atoms with E-state index in [1.54, 1.807) is 24.5 Å². The molecule has 0 spiro atoms. The summed E-state index contributed by atoms with van der Waals surface area (Å²) in [7, 11) is 0. The SMILES string of the molecule is O=C(NCc1ccccn1)c1cnc(-c2ccc(F)cc2)nc1N1CCCCC1. The molecule has 1 amide bonds. The first kappa shape index (κ1) is 19.0. The minimum Gasteiger partial charge on any atom is -0.356 e. The van der Waals surface area contributed by atoms with Crippen molar-refractivity contribution in [1.82, 2.24) is 20.3 Å². The van der Waals surface area contributed by atoms with Crippen LogP contribution in [0.5, 0.6) is 0 Å². The van der Waals surface area contributed by atoms with Crippen LogP contribution in [0.15, 0.2) is 54.9 Å². The Morgan fingerprint density at radius 1 is 1.03 bits per heavy atom. The molecule has 0 atom stereocenters. The van der Waals surface area contributed by atoms with Crippen molar-refractivity contribution in [3.05, 3.63) is 71.9 Å². The molecule has 4 rings (SSSR count). The summed E-state index contributed by atoms with van der Waals surface area (Å²) in [6.07, 6.45) is 6.55. The zero-order valence-electron chi connectivity index (χ0n) is 16.0. The largest absolute Gasteiger partial charge is 0.356 e. The normalized spacial score (nSPS) is 13.9. The first-order valence-electron chi connectivity index (χ1n) is 9.77. The lowest BCUT2D eigenvalue weighted by Crippen LogP contribution is -2.34. The van der Waals surface area contributed by atoms with Gasteiger partial charge in [0.25, 0.3) is 5.91 Å². The molecular formula is C22H22FN5O. The summed E-state index contributed by atoms with van der Waals surface area (Å²) in [6, 6.07) is 11.6. The summed E-state index contributed by atoms with van der Waals surface area (Å²) in [5, 5.41) is 2.90. The number of halogens is 1. The quantitative estimate of drug-likeness (QED) is 0.720. The fraction of sp³-hybridized carbons (Fsp3) is 0.273. The van der Waals surface area contributed by atoms with E-state index in [1.165, 1.54) is 18.6 Å². The Morgan fingerprint density at radius 2 is 1.83 bits per heavy atom. The van der Waals surface area contributed by atoms with Crippen LogP contribution in [0.3, 0.4) is 0 Å². The third kappa shape index (κ3) is 4.56. The molecule has 0 saturated carbocycles. The van der Waals surface area contributed by atoms with Crippen LogP contribution in [-0.2, 0) is 6.54 Å². The maximum Gasteiger partial charge on any atom is 0.256 e. The highest BCUT2D eigenvalue weighted by molar-refractivity contribution is 5.98. The lowest BCUT2D eigenvalue weighted by atomic mass is 10.1. The number of carbonyl (C=O) groups is 1. The smallest absolute Gasteiger partial charge is 0.256 e. The first-order valence-corrected chi connectivity index (χ1v) is 9.77. The second-order valence-electron chi connectivity index (χ2n) is 6.99. The number of carbonyl (C=O) groups excluding carboxylic acids is 1. The van der Waals surface area contributed by atoms with E-state index in [0.29, 0.717) is 29.3 Å². The molecule has 3 heterocycles. The summed E-state index contributed by atoms with van der Waals surface area (Å²) in [4.78, 5) is 28.3. The van der Waals surface area contributed by atoms with Crippen molar-refractivity contribution in [3.8, 4) is 11.4 Å². The van der Waals surface area contributed by atoms with Crippen LogP contribution >= 0.6 is 0 Å². The molecule has 29 heavy (non-hydrogen) atoms. The lowest BCUT2D eigenvalue weighted by molar-refractivity contribution is 0.0950. The van der Waals surface area contributed by atoms with Gasteiger partial charge in [-0.25, -0.2) is 14.4 Å². The van der Waals surface area contributed by atoms with Crippen LogP contribution < -0.4 is 10.2 Å². The number of benzene rings is 1. The number of hydrogen-bond acceptors (Lipinski definition) is 5. The number of anilines is 1. The molecule has 0 bridgehead atoms. The average Bonchev–Trinajstić information content (AvgIpc) is 2.79. The highest BCUT2D eigenvalue weighted by Crippen LogP contribution is 2.25. The number of nitrogens with one attached hydrogen (secondary N) is 1. The highest BCUT2D eigenvalue weighted by Gasteiger charge is 2.22. The van der Waals surface area contributed by atoms with Gasteiger partial charge in [0.1, 0.15) is 17.2 Å². The van der Waals surface area contributed by atoms with Gasteiger partial charge in [0.05, 0.1) is 12.2 Å². The van der Waals surface area contributed by atoms with E-state index in [4.69, 9.17) is 0 Å². The van der Waals surface area contributed by atoms with Crippen molar-refractivity contribution in [1.29, 1.82) is 0 Å². The van der Waals surface area contributed by atoms with E-state index in [0.717, 1.165) is 31.6 Å². The average molecular weight is 391 g/mol. The van der Waals surface area contributed by atoms with Crippen LogP contribution in [0, 0.1) is 5.82 Å². The molecule has 1 saturated heterocycles. The third-order valence-electron chi connectivity index (χ3n) is 4.93. The van der Waals surface area contributed by atoms with Gasteiger partial charge in [-0.1, -0.05) is 6.07 Å². The van der Waals surface area contributed by atoms with E-state index in [1.807, 2.05) is 18.2 Å². The molecule has 3 aromatic rings. The van der Waals surface area contributed by atoms with E-state index < -0.39 is 0 Å². The minimum absolute atomic E-state index is 0.234. The number of amides is 1. The molecular weight excluding hydrogens is 369 g/mol. The minimum atomic E-state index is -0.310. The van der Waals surface area contributed by atoms with Crippen LogP contribution in [0.4, 0.5) is 10.2 Å². The fourth-order valence-corrected chi connectivity index (χ4v) is 3.39. The van der Waals surface area contributed by atoms with E-state index in [9.17, 15) is 9.18 Å². The molecule has 6 nitrogen and oxygen atoms in total. The molecule has 1 aliphatic rings. The Bertz CT molecular complexity index is 972. The zero-order valence-corrected chi connectivity index (χ0v) is 16.0. The van der Waals surface area contributed by atoms with Crippen molar-refractivity contribution in [2.24, 2.45) is 0 Å². The summed E-state index contributed by atoms with van der Waals surface area (Å²) >= 11 is 0. The van der Waals surface area contributed by atoms with Crippen molar-refractivity contribution in [2.45, 2.75) is 25.8 Å². The van der Waals surface area contributed by atoms with Gasteiger partial charge in [0.2, 0.25) is 0 Å². The van der Waals surface area contributed by atoms with Crippen molar-refractivity contribution >= 4 is 11.7 Å². The molecule has 1 aromatic carbocycles. The van der Waals surface area contributed by atoms with Crippen molar-refractivity contribution in [3.63, 3.8) is 0 Å². The number of piperidine rings is 1. The highest BCUT2D eigenvalue weighted by atomic mass is 19.1. The van der Waals surface area contributed by atoms with E-state index in [-0.39, 0.29) is 11.7 Å². The van der Waals surface area contributed by atoms with Gasteiger partial charge in [-0.15, -0.1) is 0 Å². The van der Waals surface area contributed by atoms with Gasteiger partial charge in [-0.3, -0.25) is 9.78 Å². The third-order valence-corrected chi connectivity index (χ3v) is 4.93. The summed E-state index contributed by atoms with van der Waals surface area (Å²) in [6.45, 7) is 2.03. The van der Waals surface area contributed by atoms with Gasteiger partial charge >= 0.3 is 0 Å². The van der Waals surface area contributed by atoms with Gasteiger partial charge < -0.3 is 10.2 Å². The number of hydrogen-bond donors (Lipinski definition) is 1. The summed E-state index contributed by atoms with van der Waals surface area (Å²) in [5.41, 5.74) is 1.93. The van der Waals surface area contributed by atoms with E-state index in [2.05, 4.69) is 25.2 Å². The summed E-state index contributed by atoms with van der Waals surface area (Å²) < 4.78 is 13.3. The van der Waals surface area contributed by atoms with Crippen LogP contribution in [0.1, 0.15) is 35.3 Å². The molecule has 1 fully saturated rings. The molecule has 0 aliphatic carbocycles. The monoisotopic (exact) mass is 391 g/mol. The molecule has 0 unspecified atom stereocenters. The molecule has 1 N–H and O–H groups in total. The second kappa shape index (κ2) is 8.77. The number of pyridine rings is 1. The molecule has 148 valence electrons. The first-order chi connectivity index (χ1) is 14.2. The Labute approximate surface area is 168 Å². The van der Waals surface area contributed by atoms with E-state index >= 15 is 0 Å². The molecule has 0 radical (unpaired) electrons.